The minimum atomic E-state index is 0.638. The molecule has 0 aliphatic heterocycles. The molecular formula is C12H12BrN3. The number of anilines is 1. The highest BCUT2D eigenvalue weighted by Gasteiger charge is 2.27. The molecule has 3 rings (SSSR count). The number of hydrogen-bond donors (Lipinski definition) is 1. The average molecular weight is 278 g/mol. The molecule has 0 spiro atoms. The molecule has 0 amide bonds. The molecule has 1 aliphatic carbocycles. The fourth-order valence-electron chi connectivity index (χ4n) is 1.78. The van der Waals surface area contributed by atoms with Gasteiger partial charge in [0, 0.05) is 16.5 Å². The summed E-state index contributed by atoms with van der Waals surface area (Å²) in [5, 5.41) is 4.55. The molecular weight excluding hydrogens is 266 g/mol. The van der Waals surface area contributed by atoms with Crippen molar-refractivity contribution in [2.45, 2.75) is 18.8 Å². The van der Waals surface area contributed by atoms with E-state index in [-0.39, 0.29) is 0 Å². The summed E-state index contributed by atoms with van der Waals surface area (Å²) in [4.78, 5) is 0. The summed E-state index contributed by atoms with van der Waals surface area (Å²) in [6.45, 7) is 0. The molecule has 1 fully saturated rings. The molecule has 2 N–H and O–H groups in total. The van der Waals surface area contributed by atoms with Gasteiger partial charge in [-0.05, 0) is 37.1 Å². The maximum Gasteiger partial charge on any atom is 0.127 e. The van der Waals surface area contributed by atoms with Gasteiger partial charge in [0.15, 0.2) is 0 Å². The molecule has 1 aliphatic rings. The summed E-state index contributed by atoms with van der Waals surface area (Å²) in [7, 11) is 0. The number of benzene rings is 1. The molecule has 0 unspecified atom stereocenters. The van der Waals surface area contributed by atoms with E-state index in [9.17, 15) is 0 Å². The first kappa shape index (κ1) is 9.90. The van der Waals surface area contributed by atoms with Gasteiger partial charge in [0.1, 0.15) is 5.82 Å². The largest absolute Gasteiger partial charge is 0.384 e. The quantitative estimate of drug-likeness (QED) is 0.917. The molecule has 2 aromatic rings. The van der Waals surface area contributed by atoms with Gasteiger partial charge in [0.2, 0.25) is 0 Å². The SMILES string of the molecule is Nc1cc(C2CC2)nn1-c1ccc(Br)cc1. The van der Waals surface area contributed by atoms with Gasteiger partial charge in [0.05, 0.1) is 11.4 Å². The van der Waals surface area contributed by atoms with E-state index < -0.39 is 0 Å². The van der Waals surface area contributed by atoms with Crippen LogP contribution < -0.4 is 5.73 Å². The topological polar surface area (TPSA) is 43.8 Å². The van der Waals surface area contributed by atoms with Gasteiger partial charge in [-0.2, -0.15) is 5.10 Å². The van der Waals surface area contributed by atoms with Crippen molar-refractivity contribution in [2.24, 2.45) is 0 Å². The third-order valence-corrected chi connectivity index (χ3v) is 3.35. The zero-order valence-electron chi connectivity index (χ0n) is 8.73. The second-order valence-electron chi connectivity index (χ2n) is 4.16. The Kier molecular flexibility index (Phi) is 2.24. The Morgan fingerprint density at radius 2 is 1.94 bits per heavy atom. The predicted molar refractivity (Wildman–Crippen MR) is 67.7 cm³/mol. The second-order valence-corrected chi connectivity index (χ2v) is 5.07. The molecule has 1 aromatic heterocycles. The van der Waals surface area contributed by atoms with Crippen LogP contribution in [-0.2, 0) is 0 Å². The summed E-state index contributed by atoms with van der Waals surface area (Å²) in [5.74, 6) is 1.35. The van der Waals surface area contributed by atoms with Gasteiger partial charge in [-0.3, -0.25) is 0 Å². The van der Waals surface area contributed by atoms with Crippen LogP contribution in [0.4, 0.5) is 5.82 Å². The van der Waals surface area contributed by atoms with Gasteiger partial charge in [-0.1, -0.05) is 15.9 Å². The Hall–Kier alpha value is -1.29. The number of nitrogen functional groups attached to an aromatic ring is 1. The van der Waals surface area contributed by atoms with Crippen LogP contribution in [0.2, 0.25) is 0 Å². The van der Waals surface area contributed by atoms with Crippen LogP contribution in [0, 0.1) is 0 Å². The van der Waals surface area contributed by atoms with Crippen LogP contribution >= 0.6 is 15.9 Å². The van der Waals surface area contributed by atoms with Crippen molar-refractivity contribution in [3.63, 3.8) is 0 Å². The number of nitrogens with zero attached hydrogens (tertiary/aromatic N) is 2. The van der Waals surface area contributed by atoms with E-state index in [0.717, 1.165) is 15.9 Å². The van der Waals surface area contributed by atoms with E-state index >= 15 is 0 Å². The van der Waals surface area contributed by atoms with Crippen molar-refractivity contribution < 1.29 is 0 Å². The third kappa shape index (κ3) is 1.73. The lowest BCUT2D eigenvalue weighted by Gasteiger charge is -2.03. The monoisotopic (exact) mass is 277 g/mol. The number of nitrogens with two attached hydrogens (primary N) is 1. The maximum absolute atomic E-state index is 5.97. The fraction of sp³-hybridized carbons (Fsp3) is 0.250. The van der Waals surface area contributed by atoms with Crippen LogP contribution in [0.3, 0.4) is 0 Å². The van der Waals surface area contributed by atoms with Crippen molar-refractivity contribution in [3.05, 3.63) is 40.5 Å². The molecule has 1 aromatic carbocycles. The summed E-state index contributed by atoms with van der Waals surface area (Å²) >= 11 is 3.41. The first-order chi connectivity index (χ1) is 7.74. The summed E-state index contributed by atoms with van der Waals surface area (Å²) in [6, 6.07) is 9.98. The van der Waals surface area contributed by atoms with E-state index in [1.54, 1.807) is 4.68 Å². The first-order valence-electron chi connectivity index (χ1n) is 5.35. The number of halogens is 1. The van der Waals surface area contributed by atoms with Gasteiger partial charge in [-0.15, -0.1) is 0 Å². The van der Waals surface area contributed by atoms with Crippen LogP contribution in [0.5, 0.6) is 0 Å². The molecule has 0 atom stereocenters. The molecule has 16 heavy (non-hydrogen) atoms. The minimum absolute atomic E-state index is 0.638. The van der Waals surface area contributed by atoms with Crippen molar-refractivity contribution in [1.82, 2.24) is 9.78 Å². The van der Waals surface area contributed by atoms with Crippen molar-refractivity contribution in [1.29, 1.82) is 0 Å². The Morgan fingerprint density at radius 1 is 1.25 bits per heavy atom. The molecule has 0 bridgehead atoms. The van der Waals surface area contributed by atoms with Crippen LogP contribution in [-0.4, -0.2) is 9.78 Å². The maximum atomic E-state index is 5.97. The molecule has 4 heteroatoms. The van der Waals surface area contributed by atoms with E-state index in [4.69, 9.17) is 5.73 Å². The van der Waals surface area contributed by atoms with E-state index in [0.29, 0.717) is 11.7 Å². The molecule has 0 radical (unpaired) electrons. The zero-order chi connectivity index (χ0) is 11.1. The minimum Gasteiger partial charge on any atom is -0.384 e. The molecule has 82 valence electrons. The normalized spacial score (nSPS) is 15.3. The smallest absolute Gasteiger partial charge is 0.127 e. The van der Waals surface area contributed by atoms with Crippen molar-refractivity contribution in [2.75, 3.05) is 5.73 Å². The van der Waals surface area contributed by atoms with E-state index in [1.807, 2.05) is 30.3 Å². The molecule has 3 nitrogen and oxygen atoms in total. The molecule has 0 saturated heterocycles. The lowest BCUT2D eigenvalue weighted by Crippen LogP contribution is -2.01. The van der Waals surface area contributed by atoms with Gasteiger partial charge in [-0.25, -0.2) is 4.68 Å². The Bertz CT molecular complexity index is 512. The number of hydrogen-bond acceptors (Lipinski definition) is 2. The molecule has 1 saturated carbocycles. The van der Waals surface area contributed by atoms with Gasteiger partial charge >= 0.3 is 0 Å². The van der Waals surface area contributed by atoms with Crippen LogP contribution in [0.25, 0.3) is 5.69 Å². The average Bonchev–Trinajstić information content (AvgIpc) is 3.04. The zero-order valence-corrected chi connectivity index (χ0v) is 10.3. The fourth-order valence-corrected chi connectivity index (χ4v) is 2.05. The highest BCUT2D eigenvalue weighted by molar-refractivity contribution is 9.10. The lowest BCUT2D eigenvalue weighted by atomic mass is 10.3. The Morgan fingerprint density at radius 3 is 2.56 bits per heavy atom. The van der Waals surface area contributed by atoms with Crippen molar-refractivity contribution >= 4 is 21.7 Å². The summed E-state index contributed by atoms with van der Waals surface area (Å²) in [6.07, 6.45) is 2.49. The Balaban J connectivity index is 2.01. The van der Waals surface area contributed by atoms with E-state index in [2.05, 4.69) is 21.0 Å². The van der Waals surface area contributed by atoms with E-state index in [1.165, 1.54) is 12.8 Å². The summed E-state index contributed by atoms with van der Waals surface area (Å²) < 4.78 is 2.87. The summed E-state index contributed by atoms with van der Waals surface area (Å²) in [5.41, 5.74) is 8.10. The lowest BCUT2D eigenvalue weighted by molar-refractivity contribution is 0.844. The predicted octanol–water partition coefficient (Wildman–Crippen LogP) is 3.09. The highest BCUT2D eigenvalue weighted by Crippen LogP contribution is 2.40. The van der Waals surface area contributed by atoms with Crippen LogP contribution in [0.1, 0.15) is 24.5 Å². The van der Waals surface area contributed by atoms with Gasteiger partial charge < -0.3 is 5.73 Å². The highest BCUT2D eigenvalue weighted by atomic mass is 79.9. The molecule has 1 heterocycles. The standard InChI is InChI=1S/C12H12BrN3/c13-9-3-5-10(6-4-9)16-12(14)7-11(15-16)8-1-2-8/h3-8H,1-2,14H2. The van der Waals surface area contributed by atoms with Crippen LogP contribution in [0.15, 0.2) is 34.8 Å². The van der Waals surface area contributed by atoms with Crippen molar-refractivity contribution in [3.8, 4) is 5.69 Å². The second kappa shape index (κ2) is 3.63. The first-order valence-corrected chi connectivity index (χ1v) is 6.15. The Labute approximate surface area is 102 Å². The van der Waals surface area contributed by atoms with Gasteiger partial charge in [0.25, 0.3) is 0 Å². The number of rotatable bonds is 2. The third-order valence-electron chi connectivity index (χ3n) is 2.82. The number of aromatic nitrogens is 2.